The van der Waals surface area contributed by atoms with E-state index in [1.807, 2.05) is 54.9 Å². The molecule has 0 bridgehead atoms. The molecule has 0 saturated heterocycles. The highest BCUT2D eigenvalue weighted by molar-refractivity contribution is 7.98. The first-order chi connectivity index (χ1) is 11.7. The van der Waals surface area contributed by atoms with Crippen LogP contribution in [0.2, 0.25) is 0 Å². The number of methoxy groups -OCH3 is 1. The second-order valence-corrected chi connectivity index (χ2v) is 6.22. The van der Waals surface area contributed by atoms with Gasteiger partial charge in [0.15, 0.2) is 0 Å². The fraction of sp³-hybridized carbons (Fsp3) is 0.222. The standard InChI is InChI=1S/C18H19N3O2S/c1-23-17-8-4-3-6-13(17)14-12-15(18(22)19-9-11-24-2)20-21-10-5-7-16(14)21/h3-8,10,12H,9,11H2,1-2H3,(H,19,22). The summed E-state index contributed by atoms with van der Waals surface area (Å²) in [6.07, 6.45) is 3.85. The first-order valence-electron chi connectivity index (χ1n) is 7.63. The third-order valence-electron chi connectivity index (χ3n) is 3.72. The lowest BCUT2D eigenvalue weighted by Gasteiger charge is -2.12. The average Bonchev–Trinajstić information content (AvgIpc) is 3.09. The predicted octanol–water partition coefficient (Wildman–Crippen LogP) is 3.10. The molecule has 3 aromatic rings. The Morgan fingerprint density at radius 1 is 1.25 bits per heavy atom. The number of hydrogen-bond donors (Lipinski definition) is 1. The lowest BCUT2D eigenvalue weighted by Crippen LogP contribution is -2.27. The van der Waals surface area contributed by atoms with Crippen LogP contribution in [0.5, 0.6) is 5.75 Å². The maximum absolute atomic E-state index is 12.4. The first-order valence-corrected chi connectivity index (χ1v) is 9.03. The van der Waals surface area contributed by atoms with Crippen LogP contribution in [0.25, 0.3) is 16.6 Å². The van der Waals surface area contributed by atoms with Crippen molar-refractivity contribution in [3.63, 3.8) is 0 Å². The molecule has 0 fully saturated rings. The van der Waals surface area contributed by atoms with Gasteiger partial charge in [-0.15, -0.1) is 0 Å². The topological polar surface area (TPSA) is 55.6 Å². The summed E-state index contributed by atoms with van der Waals surface area (Å²) in [5, 5.41) is 7.31. The van der Waals surface area contributed by atoms with Gasteiger partial charge in [0.25, 0.3) is 5.91 Å². The van der Waals surface area contributed by atoms with E-state index in [2.05, 4.69) is 10.4 Å². The second-order valence-electron chi connectivity index (χ2n) is 5.23. The van der Waals surface area contributed by atoms with E-state index in [0.29, 0.717) is 12.2 Å². The highest BCUT2D eigenvalue weighted by Gasteiger charge is 2.15. The highest BCUT2D eigenvalue weighted by Crippen LogP contribution is 2.33. The molecular weight excluding hydrogens is 322 g/mol. The Labute approximate surface area is 145 Å². The SMILES string of the molecule is COc1ccccc1-c1cc(C(=O)NCCSC)nn2cccc12. The van der Waals surface area contributed by atoms with Crippen LogP contribution in [0.3, 0.4) is 0 Å². The largest absolute Gasteiger partial charge is 0.496 e. The maximum Gasteiger partial charge on any atom is 0.271 e. The molecule has 1 amide bonds. The normalized spacial score (nSPS) is 10.8. The van der Waals surface area contributed by atoms with Crippen molar-refractivity contribution >= 4 is 23.2 Å². The lowest BCUT2D eigenvalue weighted by molar-refractivity contribution is 0.0950. The van der Waals surface area contributed by atoms with Crippen molar-refractivity contribution in [3.05, 3.63) is 54.4 Å². The molecule has 0 radical (unpaired) electrons. The van der Waals surface area contributed by atoms with Crippen molar-refractivity contribution in [1.29, 1.82) is 0 Å². The summed E-state index contributed by atoms with van der Waals surface area (Å²) in [4.78, 5) is 12.4. The zero-order valence-corrected chi connectivity index (χ0v) is 14.5. The second kappa shape index (κ2) is 7.40. The van der Waals surface area contributed by atoms with E-state index >= 15 is 0 Å². The number of amides is 1. The molecule has 0 spiro atoms. The van der Waals surface area contributed by atoms with Gasteiger partial charge in [0.2, 0.25) is 0 Å². The van der Waals surface area contributed by atoms with Crippen molar-refractivity contribution < 1.29 is 9.53 Å². The summed E-state index contributed by atoms with van der Waals surface area (Å²) in [7, 11) is 1.64. The van der Waals surface area contributed by atoms with E-state index < -0.39 is 0 Å². The molecule has 0 aliphatic rings. The van der Waals surface area contributed by atoms with Gasteiger partial charge in [0.1, 0.15) is 11.4 Å². The summed E-state index contributed by atoms with van der Waals surface area (Å²) in [5.74, 6) is 1.47. The number of carbonyl (C=O) groups excluding carboxylic acids is 1. The van der Waals surface area contributed by atoms with E-state index in [9.17, 15) is 4.79 Å². The van der Waals surface area contributed by atoms with Gasteiger partial charge in [-0.05, 0) is 30.5 Å². The Bertz CT molecular complexity index is 860. The van der Waals surface area contributed by atoms with E-state index in [1.54, 1.807) is 23.4 Å². The monoisotopic (exact) mass is 341 g/mol. The molecule has 1 N–H and O–H groups in total. The van der Waals surface area contributed by atoms with Crippen LogP contribution in [0, 0.1) is 0 Å². The van der Waals surface area contributed by atoms with Crippen LogP contribution >= 0.6 is 11.8 Å². The van der Waals surface area contributed by atoms with E-state index in [1.165, 1.54) is 0 Å². The van der Waals surface area contributed by atoms with Crippen molar-refractivity contribution in [1.82, 2.24) is 14.9 Å². The van der Waals surface area contributed by atoms with Crippen molar-refractivity contribution in [2.45, 2.75) is 0 Å². The third kappa shape index (κ3) is 3.23. The molecule has 3 rings (SSSR count). The lowest BCUT2D eigenvalue weighted by atomic mass is 10.0. The van der Waals surface area contributed by atoms with Crippen LogP contribution in [0.1, 0.15) is 10.5 Å². The molecule has 0 saturated carbocycles. The number of nitrogens with zero attached hydrogens (tertiary/aromatic N) is 2. The molecule has 0 aliphatic heterocycles. The number of aromatic nitrogens is 2. The van der Waals surface area contributed by atoms with Gasteiger partial charge < -0.3 is 10.1 Å². The quantitative estimate of drug-likeness (QED) is 0.700. The molecule has 1 aromatic carbocycles. The Morgan fingerprint density at radius 3 is 2.88 bits per heavy atom. The Balaban J connectivity index is 2.07. The molecule has 2 aromatic heterocycles. The van der Waals surface area contributed by atoms with Gasteiger partial charge in [-0.2, -0.15) is 16.9 Å². The molecule has 5 nitrogen and oxygen atoms in total. The van der Waals surface area contributed by atoms with Gasteiger partial charge >= 0.3 is 0 Å². The van der Waals surface area contributed by atoms with Crippen LogP contribution in [0.15, 0.2) is 48.7 Å². The van der Waals surface area contributed by atoms with Crippen molar-refractivity contribution in [2.24, 2.45) is 0 Å². The van der Waals surface area contributed by atoms with Gasteiger partial charge in [0.05, 0.1) is 12.6 Å². The molecule has 2 heterocycles. The molecule has 0 aliphatic carbocycles. The fourth-order valence-corrected chi connectivity index (χ4v) is 2.89. The first kappa shape index (κ1) is 16.4. The zero-order chi connectivity index (χ0) is 16.9. The Kier molecular flexibility index (Phi) is 5.05. The number of ether oxygens (including phenoxy) is 1. The Hall–Kier alpha value is -2.47. The van der Waals surface area contributed by atoms with Crippen molar-refractivity contribution in [2.75, 3.05) is 25.7 Å². The summed E-state index contributed by atoms with van der Waals surface area (Å²) >= 11 is 1.69. The van der Waals surface area contributed by atoms with E-state index in [4.69, 9.17) is 4.74 Å². The smallest absolute Gasteiger partial charge is 0.271 e. The summed E-state index contributed by atoms with van der Waals surface area (Å²) in [6, 6.07) is 13.5. The number of rotatable bonds is 6. The molecule has 0 atom stereocenters. The van der Waals surface area contributed by atoms with Gasteiger partial charge in [-0.25, -0.2) is 4.52 Å². The van der Waals surface area contributed by atoms with Gasteiger partial charge in [-0.3, -0.25) is 4.79 Å². The van der Waals surface area contributed by atoms with Crippen LogP contribution in [-0.2, 0) is 0 Å². The number of hydrogen-bond acceptors (Lipinski definition) is 4. The van der Waals surface area contributed by atoms with E-state index in [-0.39, 0.29) is 5.91 Å². The summed E-state index contributed by atoms with van der Waals surface area (Å²) in [6.45, 7) is 0.620. The fourth-order valence-electron chi connectivity index (χ4n) is 2.58. The number of para-hydroxylation sites is 1. The van der Waals surface area contributed by atoms with E-state index in [0.717, 1.165) is 28.1 Å². The third-order valence-corrected chi connectivity index (χ3v) is 4.33. The number of thioether (sulfide) groups is 1. The predicted molar refractivity (Wildman–Crippen MR) is 97.9 cm³/mol. The minimum Gasteiger partial charge on any atom is -0.496 e. The summed E-state index contributed by atoms with van der Waals surface area (Å²) in [5.41, 5.74) is 3.17. The van der Waals surface area contributed by atoms with Crippen LogP contribution in [-0.4, -0.2) is 41.2 Å². The maximum atomic E-state index is 12.4. The molecule has 0 unspecified atom stereocenters. The number of fused-ring (bicyclic) bond motifs is 1. The summed E-state index contributed by atoms with van der Waals surface area (Å²) < 4.78 is 7.20. The highest BCUT2D eigenvalue weighted by atomic mass is 32.2. The zero-order valence-electron chi connectivity index (χ0n) is 13.7. The number of nitrogens with one attached hydrogen (secondary N) is 1. The Morgan fingerprint density at radius 2 is 2.08 bits per heavy atom. The van der Waals surface area contributed by atoms with Crippen molar-refractivity contribution in [3.8, 4) is 16.9 Å². The number of benzene rings is 1. The van der Waals surface area contributed by atoms with Crippen LogP contribution < -0.4 is 10.1 Å². The minimum atomic E-state index is -0.171. The van der Waals surface area contributed by atoms with Gasteiger partial charge in [-0.1, -0.05) is 18.2 Å². The van der Waals surface area contributed by atoms with Crippen LogP contribution in [0.4, 0.5) is 0 Å². The van der Waals surface area contributed by atoms with Gasteiger partial charge in [0, 0.05) is 29.6 Å². The average molecular weight is 341 g/mol. The molecular formula is C18H19N3O2S. The number of carbonyl (C=O) groups is 1. The molecule has 124 valence electrons. The molecule has 24 heavy (non-hydrogen) atoms. The minimum absolute atomic E-state index is 0.171. The molecule has 6 heteroatoms.